The van der Waals surface area contributed by atoms with Gasteiger partial charge in [-0.05, 0) is 24.2 Å². The van der Waals surface area contributed by atoms with Gasteiger partial charge < -0.3 is 4.74 Å². The van der Waals surface area contributed by atoms with E-state index in [1.165, 1.54) is 18.2 Å². The molecular formula is C13H13F3N3O2+. The summed E-state index contributed by atoms with van der Waals surface area (Å²) in [6, 6.07) is 5.84. The van der Waals surface area contributed by atoms with E-state index in [4.69, 9.17) is 0 Å². The van der Waals surface area contributed by atoms with Gasteiger partial charge in [0.05, 0.1) is 5.56 Å². The molecule has 112 valence electrons. The number of nitroso groups, excluding NO2 is 1. The van der Waals surface area contributed by atoms with Gasteiger partial charge in [0.15, 0.2) is 0 Å². The summed E-state index contributed by atoms with van der Waals surface area (Å²) in [6.45, 7) is 3.43. The van der Waals surface area contributed by atoms with Crippen molar-refractivity contribution in [1.29, 1.82) is 0 Å². The molecule has 0 atom stereocenters. The third-order valence-corrected chi connectivity index (χ3v) is 3.02. The number of H-pyrrole nitrogens is 1. The molecule has 0 aliphatic carbocycles. The molecule has 0 saturated heterocycles. The number of hydrogen-bond acceptors (Lipinski definition) is 3. The van der Waals surface area contributed by atoms with E-state index in [1.807, 2.05) is 0 Å². The predicted molar refractivity (Wildman–Crippen MR) is 68.1 cm³/mol. The minimum atomic E-state index is -4.75. The third kappa shape index (κ3) is 3.39. The molecule has 0 radical (unpaired) electrons. The van der Waals surface area contributed by atoms with Gasteiger partial charge in [0.1, 0.15) is 11.4 Å². The molecule has 0 aliphatic rings. The van der Waals surface area contributed by atoms with Gasteiger partial charge in [-0.25, -0.2) is 0 Å². The lowest BCUT2D eigenvalue weighted by Crippen LogP contribution is -2.39. The van der Waals surface area contributed by atoms with Crippen molar-refractivity contribution < 1.29 is 22.6 Å². The molecule has 2 rings (SSSR count). The first-order valence-electron chi connectivity index (χ1n) is 6.08. The zero-order valence-corrected chi connectivity index (χ0v) is 11.4. The fraction of sp³-hybridized carbons (Fsp3) is 0.308. The van der Waals surface area contributed by atoms with E-state index < -0.39 is 6.36 Å². The number of para-hydroxylation sites is 1. The van der Waals surface area contributed by atoms with Crippen molar-refractivity contribution >= 4 is 5.69 Å². The molecule has 0 amide bonds. The van der Waals surface area contributed by atoms with E-state index in [-0.39, 0.29) is 18.0 Å². The van der Waals surface area contributed by atoms with E-state index in [0.29, 0.717) is 17.0 Å². The predicted octanol–water partition coefficient (Wildman–Crippen LogP) is 3.26. The first-order chi connectivity index (χ1) is 9.81. The number of ether oxygens (including phenoxy) is 1. The van der Waals surface area contributed by atoms with Gasteiger partial charge >= 0.3 is 6.36 Å². The lowest BCUT2D eigenvalue weighted by molar-refractivity contribution is -0.747. The van der Waals surface area contributed by atoms with Crippen LogP contribution in [0.1, 0.15) is 17.0 Å². The van der Waals surface area contributed by atoms with Crippen LogP contribution >= 0.6 is 0 Å². The van der Waals surface area contributed by atoms with Gasteiger partial charge in [0, 0.05) is 6.92 Å². The second-order valence-electron chi connectivity index (χ2n) is 4.50. The molecule has 0 unspecified atom stereocenters. The first-order valence-corrected chi connectivity index (χ1v) is 6.08. The van der Waals surface area contributed by atoms with Crippen LogP contribution in [0.25, 0.3) is 0 Å². The van der Waals surface area contributed by atoms with Crippen LogP contribution in [-0.2, 0) is 6.54 Å². The standard InChI is InChI=1S/C13H12F3N3O2/c1-8-12(18-20)9(2)19(17-8)7-10-5-3-4-6-11(10)21-13(14,15)16/h3-6H,7H2,1-2H3/p+1. The summed E-state index contributed by atoms with van der Waals surface area (Å²) < 4.78 is 42.6. The SMILES string of the molecule is Cc1[nH][n+](Cc2ccccc2OC(F)(F)F)c(C)c1N=O. The monoisotopic (exact) mass is 300 g/mol. The first kappa shape index (κ1) is 15.0. The zero-order valence-electron chi connectivity index (χ0n) is 11.4. The lowest BCUT2D eigenvalue weighted by atomic mass is 10.2. The van der Waals surface area contributed by atoms with Crippen LogP contribution in [0, 0.1) is 18.8 Å². The highest BCUT2D eigenvalue weighted by atomic mass is 19.4. The van der Waals surface area contributed by atoms with Crippen LogP contribution in [0.3, 0.4) is 0 Å². The van der Waals surface area contributed by atoms with E-state index in [2.05, 4.69) is 15.0 Å². The minimum absolute atomic E-state index is 0.106. The molecule has 21 heavy (non-hydrogen) atoms. The number of aromatic amines is 1. The van der Waals surface area contributed by atoms with Crippen molar-refractivity contribution in [3.05, 3.63) is 46.1 Å². The van der Waals surface area contributed by atoms with Gasteiger partial charge in [-0.15, -0.1) is 22.8 Å². The van der Waals surface area contributed by atoms with Gasteiger partial charge in [0.25, 0.3) is 0 Å². The van der Waals surface area contributed by atoms with Crippen LogP contribution in [-0.4, -0.2) is 11.5 Å². The Labute approximate surface area is 118 Å². The Kier molecular flexibility index (Phi) is 3.97. The maximum atomic E-state index is 12.4. The van der Waals surface area contributed by atoms with Gasteiger partial charge in [-0.2, -0.15) is 5.10 Å². The molecule has 0 spiro atoms. The second kappa shape index (κ2) is 5.55. The molecule has 0 fully saturated rings. The number of benzene rings is 1. The minimum Gasteiger partial charge on any atom is -0.405 e. The maximum Gasteiger partial charge on any atom is 0.573 e. The summed E-state index contributed by atoms with van der Waals surface area (Å²) in [7, 11) is 0. The summed E-state index contributed by atoms with van der Waals surface area (Å²) in [4.78, 5) is 10.7. The van der Waals surface area contributed by atoms with E-state index in [1.54, 1.807) is 24.6 Å². The van der Waals surface area contributed by atoms with Crippen molar-refractivity contribution in [2.75, 3.05) is 0 Å². The number of aromatic nitrogens is 2. The zero-order chi connectivity index (χ0) is 15.6. The topological polar surface area (TPSA) is 58.3 Å². The van der Waals surface area contributed by atoms with Crippen LogP contribution in [0.5, 0.6) is 5.75 Å². The van der Waals surface area contributed by atoms with Gasteiger partial charge in [-0.1, -0.05) is 12.1 Å². The Morgan fingerprint density at radius 1 is 1.29 bits per heavy atom. The second-order valence-corrected chi connectivity index (χ2v) is 4.50. The van der Waals surface area contributed by atoms with E-state index >= 15 is 0 Å². The number of hydrogen-bond donors (Lipinski definition) is 1. The average molecular weight is 300 g/mol. The van der Waals surface area contributed by atoms with Gasteiger partial charge in [-0.3, -0.25) is 0 Å². The molecule has 5 nitrogen and oxygen atoms in total. The van der Waals surface area contributed by atoms with Crippen molar-refractivity contribution in [3.8, 4) is 5.75 Å². The summed E-state index contributed by atoms with van der Waals surface area (Å²) in [6.07, 6.45) is -4.75. The molecule has 1 aromatic heterocycles. The normalized spacial score (nSPS) is 11.5. The average Bonchev–Trinajstić information content (AvgIpc) is 2.65. The molecule has 8 heteroatoms. The Morgan fingerprint density at radius 3 is 2.52 bits per heavy atom. The molecule has 1 heterocycles. The summed E-state index contributed by atoms with van der Waals surface area (Å²) >= 11 is 0. The molecular weight excluding hydrogens is 287 g/mol. The maximum absolute atomic E-state index is 12.4. The van der Waals surface area contributed by atoms with Crippen molar-refractivity contribution in [2.24, 2.45) is 5.18 Å². The Bertz CT molecular complexity index is 665. The highest BCUT2D eigenvalue weighted by Crippen LogP contribution is 2.26. The van der Waals surface area contributed by atoms with Crippen LogP contribution in [0.4, 0.5) is 18.9 Å². The van der Waals surface area contributed by atoms with Crippen molar-refractivity contribution in [3.63, 3.8) is 0 Å². The van der Waals surface area contributed by atoms with Gasteiger partial charge in [0.2, 0.25) is 17.9 Å². The fourth-order valence-corrected chi connectivity index (χ4v) is 2.06. The Balaban J connectivity index is 2.34. The number of aryl methyl sites for hydroxylation is 1. The van der Waals surface area contributed by atoms with E-state index in [0.717, 1.165) is 0 Å². The number of alkyl halides is 3. The Morgan fingerprint density at radius 2 is 1.95 bits per heavy atom. The number of halogens is 3. The molecule has 1 aromatic carbocycles. The van der Waals surface area contributed by atoms with Crippen LogP contribution in [0.15, 0.2) is 29.4 Å². The Hall–Kier alpha value is -2.38. The summed E-state index contributed by atoms with van der Waals surface area (Å²) in [5, 5.41) is 5.79. The van der Waals surface area contributed by atoms with E-state index in [9.17, 15) is 18.1 Å². The molecule has 1 N–H and O–H groups in total. The van der Waals surface area contributed by atoms with Crippen molar-refractivity contribution in [1.82, 2.24) is 5.10 Å². The highest BCUT2D eigenvalue weighted by Gasteiger charge is 2.32. The quantitative estimate of drug-likeness (QED) is 0.696. The third-order valence-electron chi connectivity index (χ3n) is 3.02. The van der Waals surface area contributed by atoms with Crippen molar-refractivity contribution in [2.45, 2.75) is 26.8 Å². The number of nitrogens with one attached hydrogen (secondary N) is 1. The largest absolute Gasteiger partial charge is 0.573 e. The smallest absolute Gasteiger partial charge is 0.405 e. The molecule has 0 aliphatic heterocycles. The molecule has 2 aromatic rings. The van der Waals surface area contributed by atoms with Crippen LogP contribution in [0.2, 0.25) is 0 Å². The summed E-state index contributed by atoms with van der Waals surface area (Å²) in [5.41, 5.74) is 1.69. The molecule has 0 bridgehead atoms. The van der Waals surface area contributed by atoms with Crippen LogP contribution < -0.4 is 9.42 Å². The number of nitrogens with zero attached hydrogens (tertiary/aromatic N) is 2. The number of rotatable bonds is 4. The summed E-state index contributed by atoms with van der Waals surface area (Å²) in [5.74, 6) is -0.273. The fourth-order valence-electron chi connectivity index (χ4n) is 2.06. The molecule has 0 saturated carbocycles. The lowest BCUT2D eigenvalue weighted by Gasteiger charge is -2.11. The highest BCUT2D eigenvalue weighted by molar-refractivity contribution is 5.42.